The van der Waals surface area contributed by atoms with Crippen LogP contribution < -0.4 is 10.6 Å². The number of benzene rings is 1. The van der Waals surface area contributed by atoms with Crippen LogP contribution in [0.5, 0.6) is 0 Å². The first-order valence-electron chi connectivity index (χ1n) is 6.97. The molecule has 0 bridgehead atoms. The minimum absolute atomic E-state index is 0.0554. The van der Waals surface area contributed by atoms with Crippen molar-refractivity contribution in [1.29, 1.82) is 0 Å². The number of hydrogen-bond acceptors (Lipinski definition) is 3. The van der Waals surface area contributed by atoms with Crippen LogP contribution in [0.4, 0.5) is 36.8 Å². The van der Waals surface area contributed by atoms with E-state index in [-0.39, 0.29) is 24.8 Å². The summed E-state index contributed by atoms with van der Waals surface area (Å²) in [6.07, 6.45) is -10.0. The molecule has 0 aliphatic carbocycles. The number of nitrogens with one attached hydrogen (secondary N) is 2. The first-order chi connectivity index (χ1) is 11.8. The van der Waals surface area contributed by atoms with Crippen LogP contribution in [0.25, 0.3) is 0 Å². The molecule has 0 aliphatic rings. The number of urea groups is 1. The molecule has 0 spiro atoms. The summed E-state index contributed by atoms with van der Waals surface area (Å²) >= 11 is 0. The fourth-order valence-electron chi connectivity index (χ4n) is 1.63. The number of esters is 1. The number of carbonyl (C=O) groups is 2. The fraction of sp³-hybridized carbons (Fsp3) is 0.333. The lowest BCUT2D eigenvalue weighted by Crippen LogP contribution is -2.32. The Hall–Kier alpha value is -2.72. The van der Waals surface area contributed by atoms with Crippen molar-refractivity contribution in [2.45, 2.75) is 19.3 Å². The van der Waals surface area contributed by atoms with Gasteiger partial charge < -0.3 is 15.4 Å². The van der Waals surface area contributed by atoms with Crippen molar-refractivity contribution in [3.8, 4) is 0 Å². The van der Waals surface area contributed by atoms with E-state index < -0.39 is 41.2 Å². The van der Waals surface area contributed by atoms with Crippen molar-refractivity contribution in [2.75, 3.05) is 18.5 Å². The Morgan fingerprint density at radius 3 is 1.96 bits per heavy atom. The highest BCUT2D eigenvalue weighted by molar-refractivity contribution is 5.89. The Morgan fingerprint density at radius 1 is 1.04 bits per heavy atom. The fourth-order valence-corrected chi connectivity index (χ4v) is 1.63. The lowest BCUT2D eigenvalue weighted by molar-refractivity contribution is -0.143. The second-order valence-corrected chi connectivity index (χ2v) is 5.09. The van der Waals surface area contributed by atoms with Gasteiger partial charge in [0.25, 0.3) is 0 Å². The van der Waals surface area contributed by atoms with Gasteiger partial charge in [-0.3, -0.25) is 0 Å². The largest absolute Gasteiger partial charge is 0.460 e. The van der Waals surface area contributed by atoms with E-state index in [9.17, 15) is 35.9 Å². The van der Waals surface area contributed by atoms with E-state index in [1.165, 1.54) is 6.92 Å². The molecule has 0 radical (unpaired) electrons. The molecule has 2 amide bonds. The van der Waals surface area contributed by atoms with Crippen LogP contribution in [0, 0.1) is 0 Å². The Bertz CT molecular complexity index is 665. The Kier molecular flexibility index (Phi) is 6.65. The maximum atomic E-state index is 12.7. The second-order valence-electron chi connectivity index (χ2n) is 5.09. The second kappa shape index (κ2) is 8.11. The molecule has 0 saturated heterocycles. The molecule has 1 aromatic rings. The van der Waals surface area contributed by atoms with Crippen molar-refractivity contribution in [1.82, 2.24) is 5.32 Å². The summed E-state index contributed by atoms with van der Waals surface area (Å²) in [6.45, 7) is 4.25. The predicted octanol–water partition coefficient (Wildman–Crippen LogP) is 3.97. The van der Waals surface area contributed by atoms with Crippen LogP contribution in [-0.4, -0.2) is 25.2 Å². The van der Waals surface area contributed by atoms with Gasteiger partial charge in [0, 0.05) is 11.3 Å². The highest BCUT2D eigenvalue weighted by atomic mass is 19.4. The monoisotopic (exact) mass is 384 g/mol. The molecule has 0 saturated carbocycles. The molecular formula is C15H14F6N2O3. The van der Waals surface area contributed by atoms with Crippen molar-refractivity contribution < 1.29 is 40.7 Å². The van der Waals surface area contributed by atoms with Crippen LogP contribution in [0.2, 0.25) is 0 Å². The summed E-state index contributed by atoms with van der Waals surface area (Å²) in [7, 11) is 0. The number of ether oxygens (including phenoxy) is 1. The molecule has 1 rings (SSSR count). The molecule has 2 N–H and O–H groups in total. The number of carbonyl (C=O) groups excluding carboxylic acids is 2. The molecule has 0 aliphatic heterocycles. The third kappa shape index (κ3) is 6.65. The number of amides is 2. The maximum Gasteiger partial charge on any atom is 0.416 e. The van der Waals surface area contributed by atoms with Gasteiger partial charge in [0.1, 0.15) is 6.61 Å². The van der Waals surface area contributed by atoms with E-state index in [1.54, 1.807) is 0 Å². The SMILES string of the molecule is C=C(C)C(=O)OCCNC(=O)Nc1cc(C(F)(F)F)cc(C(F)(F)F)c1. The van der Waals surface area contributed by atoms with Crippen LogP contribution in [0.3, 0.4) is 0 Å². The van der Waals surface area contributed by atoms with Gasteiger partial charge in [0.15, 0.2) is 0 Å². The average molecular weight is 384 g/mol. The van der Waals surface area contributed by atoms with Gasteiger partial charge in [-0.05, 0) is 25.1 Å². The molecule has 5 nitrogen and oxygen atoms in total. The topological polar surface area (TPSA) is 67.4 Å². The molecule has 0 aromatic heterocycles. The van der Waals surface area contributed by atoms with Crippen LogP contribution >= 0.6 is 0 Å². The first-order valence-corrected chi connectivity index (χ1v) is 6.97. The van der Waals surface area contributed by atoms with Gasteiger partial charge in [-0.25, -0.2) is 9.59 Å². The molecule has 0 unspecified atom stereocenters. The molecule has 26 heavy (non-hydrogen) atoms. The minimum atomic E-state index is -5.02. The highest BCUT2D eigenvalue weighted by Crippen LogP contribution is 2.37. The van der Waals surface area contributed by atoms with E-state index in [0.29, 0.717) is 12.1 Å². The molecule has 0 atom stereocenters. The molecule has 11 heteroatoms. The third-order valence-corrected chi connectivity index (χ3v) is 2.81. The summed E-state index contributed by atoms with van der Waals surface area (Å²) in [6, 6.07) is -0.379. The molecule has 0 heterocycles. The number of halogens is 6. The van der Waals surface area contributed by atoms with E-state index >= 15 is 0 Å². The Labute approximate surface area is 144 Å². The van der Waals surface area contributed by atoms with Gasteiger partial charge in [-0.1, -0.05) is 6.58 Å². The molecular weight excluding hydrogens is 370 g/mol. The normalized spacial score (nSPS) is 11.7. The third-order valence-electron chi connectivity index (χ3n) is 2.81. The number of alkyl halides is 6. The summed E-state index contributed by atoms with van der Waals surface area (Å²) in [5.74, 6) is -0.708. The lowest BCUT2D eigenvalue weighted by Gasteiger charge is -2.15. The number of rotatable bonds is 5. The van der Waals surface area contributed by atoms with Crippen LogP contribution in [0.1, 0.15) is 18.1 Å². The summed E-state index contributed by atoms with van der Waals surface area (Å²) in [5.41, 5.74) is -3.68. The highest BCUT2D eigenvalue weighted by Gasteiger charge is 2.37. The van der Waals surface area contributed by atoms with Crippen molar-refractivity contribution >= 4 is 17.7 Å². The molecule has 1 aromatic carbocycles. The standard InChI is InChI=1S/C15H14F6N2O3/c1-8(2)12(24)26-4-3-22-13(25)23-11-6-9(14(16,17)18)5-10(7-11)15(19,20)21/h5-7H,1,3-4H2,2H3,(H2,22,23,25). The van der Waals surface area contributed by atoms with Gasteiger partial charge >= 0.3 is 24.4 Å². The van der Waals surface area contributed by atoms with E-state index in [0.717, 1.165) is 0 Å². The summed E-state index contributed by atoms with van der Waals surface area (Å²) < 4.78 is 80.9. The first kappa shape index (κ1) is 21.3. The van der Waals surface area contributed by atoms with E-state index in [1.807, 2.05) is 5.32 Å². The number of anilines is 1. The maximum absolute atomic E-state index is 12.7. The zero-order chi connectivity index (χ0) is 20.1. The summed E-state index contributed by atoms with van der Waals surface area (Å²) in [5, 5.41) is 3.99. The van der Waals surface area contributed by atoms with Crippen molar-refractivity contribution in [3.05, 3.63) is 41.5 Å². The number of hydrogen-bond donors (Lipinski definition) is 2. The zero-order valence-corrected chi connectivity index (χ0v) is 13.3. The van der Waals surface area contributed by atoms with Gasteiger partial charge in [0.05, 0.1) is 17.7 Å². The average Bonchev–Trinajstić information content (AvgIpc) is 2.49. The van der Waals surface area contributed by atoms with Crippen molar-refractivity contribution in [3.63, 3.8) is 0 Å². The minimum Gasteiger partial charge on any atom is -0.460 e. The lowest BCUT2D eigenvalue weighted by atomic mass is 10.1. The van der Waals surface area contributed by atoms with Gasteiger partial charge in [0.2, 0.25) is 0 Å². The van der Waals surface area contributed by atoms with Gasteiger partial charge in [-0.15, -0.1) is 0 Å². The molecule has 0 fully saturated rings. The van der Waals surface area contributed by atoms with E-state index in [4.69, 9.17) is 0 Å². The van der Waals surface area contributed by atoms with Crippen LogP contribution in [-0.2, 0) is 21.9 Å². The van der Waals surface area contributed by atoms with E-state index in [2.05, 4.69) is 16.6 Å². The smallest absolute Gasteiger partial charge is 0.416 e. The zero-order valence-electron chi connectivity index (χ0n) is 13.3. The van der Waals surface area contributed by atoms with Crippen LogP contribution in [0.15, 0.2) is 30.4 Å². The summed E-state index contributed by atoms with van der Waals surface area (Å²) in [4.78, 5) is 22.6. The van der Waals surface area contributed by atoms with Crippen molar-refractivity contribution in [2.24, 2.45) is 0 Å². The van der Waals surface area contributed by atoms with Gasteiger partial charge in [-0.2, -0.15) is 26.3 Å². The Morgan fingerprint density at radius 2 is 1.54 bits per heavy atom. The quantitative estimate of drug-likeness (QED) is 0.350. The molecule has 144 valence electrons. The predicted molar refractivity (Wildman–Crippen MR) is 79.2 cm³/mol. The Balaban J connectivity index is 2.77.